The fraction of sp³-hybridized carbons (Fsp3) is 0.542. The topological polar surface area (TPSA) is 121 Å². The molecule has 170 valence electrons. The van der Waals surface area contributed by atoms with Crippen LogP contribution >= 0.6 is 0 Å². The molecule has 1 fully saturated rings. The summed E-state index contributed by atoms with van der Waals surface area (Å²) in [4.78, 5) is 39.3. The van der Waals surface area contributed by atoms with Crippen LogP contribution in [0.1, 0.15) is 65.4 Å². The largest absolute Gasteiger partial charge is 0.337 e. The molecule has 1 aliphatic rings. The maximum atomic E-state index is 13.4. The molecule has 1 aromatic carbocycles. The Bertz CT molecular complexity index is 1150. The molecule has 3 rings (SSSR count). The van der Waals surface area contributed by atoms with E-state index in [1.165, 1.54) is 13.3 Å². The highest BCUT2D eigenvalue weighted by molar-refractivity contribution is 6.40. The van der Waals surface area contributed by atoms with Gasteiger partial charge in [-0.05, 0) is 49.3 Å². The highest BCUT2D eigenvalue weighted by Crippen LogP contribution is 2.27. The average Bonchev–Trinajstić information content (AvgIpc) is 3.02. The van der Waals surface area contributed by atoms with Gasteiger partial charge in [-0.2, -0.15) is 5.26 Å². The normalized spacial score (nSPS) is 15.8. The van der Waals surface area contributed by atoms with Crippen LogP contribution in [0.15, 0.2) is 23.0 Å². The number of nitriles is 1. The molecule has 2 N–H and O–H groups in total. The van der Waals surface area contributed by atoms with Gasteiger partial charge in [-0.15, -0.1) is 0 Å². The lowest BCUT2D eigenvalue weighted by Crippen LogP contribution is -2.53. The number of carbonyl (C=O) groups is 2. The number of Topliss-reactive ketones (excluding diaryl/α,β-unsaturated/α-hetero) is 1. The summed E-state index contributed by atoms with van der Waals surface area (Å²) in [5.74, 6) is -0.143. The van der Waals surface area contributed by atoms with Gasteiger partial charge in [0.15, 0.2) is 5.78 Å². The van der Waals surface area contributed by atoms with Crippen molar-refractivity contribution in [1.82, 2.24) is 14.5 Å². The van der Waals surface area contributed by atoms with Crippen molar-refractivity contribution in [2.24, 2.45) is 11.3 Å². The second kappa shape index (κ2) is 9.11. The number of aromatic nitrogens is 2. The van der Waals surface area contributed by atoms with Gasteiger partial charge in [-0.3, -0.25) is 9.36 Å². The van der Waals surface area contributed by atoms with E-state index in [1.54, 1.807) is 43.5 Å². The van der Waals surface area contributed by atoms with Crippen molar-refractivity contribution in [1.29, 1.82) is 10.7 Å². The lowest BCUT2D eigenvalue weighted by molar-refractivity contribution is -0.116. The zero-order chi connectivity index (χ0) is 23.6. The number of ketones is 1. The molecule has 0 bridgehead atoms. The van der Waals surface area contributed by atoms with Gasteiger partial charge in [0.25, 0.3) is 0 Å². The van der Waals surface area contributed by atoms with Crippen LogP contribution < -0.4 is 11.0 Å². The number of benzene rings is 1. The first-order valence-corrected chi connectivity index (χ1v) is 11.1. The van der Waals surface area contributed by atoms with Crippen LogP contribution in [0.25, 0.3) is 11.0 Å². The molecule has 1 atom stereocenters. The molecule has 1 aliphatic carbocycles. The Hall–Kier alpha value is -3.21. The molecule has 8 nitrogen and oxygen atoms in total. The van der Waals surface area contributed by atoms with Gasteiger partial charge in [0.05, 0.1) is 28.4 Å². The van der Waals surface area contributed by atoms with Crippen molar-refractivity contribution in [3.05, 3.63) is 34.2 Å². The van der Waals surface area contributed by atoms with Crippen LogP contribution in [-0.2, 0) is 11.3 Å². The van der Waals surface area contributed by atoms with E-state index in [9.17, 15) is 19.6 Å². The number of nitrogens with one attached hydrogen (secondary N) is 2. The van der Waals surface area contributed by atoms with Crippen molar-refractivity contribution in [2.75, 3.05) is 0 Å². The van der Waals surface area contributed by atoms with Gasteiger partial charge in [0, 0.05) is 6.54 Å². The summed E-state index contributed by atoms with van der Waals surface area (Å²) in [6.45, 7) is 7.28. The SMILES string of the molecule is CC(=N)C(=O)[C@@H](NC(=O)n1c(=O)n(CC2CCCCC2)c2cc(C#N)ccc21)C(C)(C)C. The molecule has 0 aliphatic heterocycles. The minimum Gasteiger partial charge on any atom is -0.326 e. The van der Waals surface area contributed by atoms with Crippen LogP contribution in [0.5, 0.6) is 0 Å². The van der Waals surface area contributed by atoms with E-state index in [0.717, 1.165) is 30.3 Å². The molecule has 1 aromatic heterocycles. The highest BCUT2D eigenvalue weighted by atomic mass is 16.2. The van der Waals surface area contributed by atoms with E-state index in [2.05, 4.69) is 11.4 Å². The van der Waals surface area contributed by atoms with Crippen LogP contribution in [0.3, 0.4) is 0 Å². The monoisotopic (exact) mass is 437 g/mol. The first-order chi connectivity index (χ1) is 15.0. The number of amides is 1. The lowest BCUT2D eigenvalue weighted by Gasteiger charge is -2.29. The molecular weight excluding hydrogens is 406 g/mol. The molecule has 1 heterocycles. The maximum absolute atomic E-state index is 13.4. The lowest BCUT2D eigenvalue weighted by atomic mass is 9.83. The number of hydrogen-bond acceptors (Lipinski definition) is 5. The molecule has 32 heavy (non-hydrogen) atoms. The molecule has 0 unspecified atom stereocenters. The minimum absolute atomic E-state index is 0.157. The standard InChI is InChI=1S/C24H31N5O3/c1-15(26)20(30)21(24(2,3)4)27-22(31)29-18-11-10-17(13-25)12-19(18)28(23(29)32)14-16-8-6-5-7-9-16/h10-12,16,21,26H,5-9,14H2,1-4H3,(H,27,31)/t21-/m1/s1. The van der Waals surface area contributed by atoms with Crippen molar-refractivity contribution in [3.63, 3.8) is 0 Å². The molecule has 1 saturated carbocycles. The minimum atomic E-state index is -0.950. The number of fused-ring (bicyclic) bond motifs is 1. The third kappa shape index (κ3) is 4.67. The summed E-state index contributed by atoms with van der Waals surface area (Å²) < 4.78 is 2.63. The Kier molecular flexibility index (Phi) is 6.68. The smallest absolute Gasteiger partial charge is 0.326 e. The molecule has 0 spiro atoms. The van der Waals surface area contributed by atoms with Crippen LogP contribution in [0, 0.1) is 28.1 Å². The fourth-order valence-electron chi connectivity index (χ4n) is 4.41. The number of rotatable bonds is 5. The predicted molar refractivity (Wildman–Crippen MR) is 123 cm³/mol. The van der Waals surface area contributed by atoms with Crippen molar-refractivity contribution >= 4 is 28.6 Å². The van der Waals surface area contributed by atoms with Gasteiger partial charge in [0.1, 0.15) is 6.04 Å². The average molecular weight is 438 g/mol. The number of carbonyl (C=O) groups excluding carboxylic acids is 2. The number of nitrogens with zero attached hydrogens (tertiary/aromatic N) is 3. The second-order valence-corrected chi connectivity index (χ2v) is 9.79. The fourth-order valence-corrected chi connectivity index (χ4v) is 4.41. The Morgan fingerprint density at radius 3 is 2.44 bits per heavy atom. The summed E-state index contributed by atoms with van der Waals surface area (Å²) in [6, 6.07) is 5.25. The molecular formula is C24H31N5O3. The van der Waals surface area contributed by atoms with E-state index >= 15 is 0 Å². The molecule has 0 saturated heterocycles. The van der Waals surface area contributed by atoms with Crippen molar-refractivity contribution in [3.8, 4) is 6.07 Å². The van der Waals surface area contributed by atoms with Gasteiger partial charge < -0.3 is 10.7 Å². The van der Waals surface area contributed by atoms with Crippen LogP contribution in [-0.4, -0.2) is 32.7 Å². The second-order valence-electron chi connectivity index (χ2n) is 9.79. The van der Waals surface area contributed by atoms with Gasteiger partial charge >= 0.3 is 11.7 Å². The summed E-state index contributed by atoms with van der Waals surface area (Å²) in [7, 11) is 0. The van der Waals surface area contributed by atoms with Gasteiger partial charge in [0.2, 0.25) is 0 Å². The number of imidazole rings is 1. The summed E-state index contributed by atoms with van der Waals surface area (Å²) >= 11 is 0. The van der Waals surface area contributed by atoms with E-state index in [4.69, 9.17) is 5.41 Å². The maximum Gasteiger partial charge on any atom is 0.337 e. The summed E-state index contributed by atoms with van der Waals surface area (Å²) in [5, 5.41) is 19.7. The number of hydrogen-bond donors (Lipinski definition) is 2. The Labute approximate surface area is 187 Å². The molecule has 1 amide bonds. The Balaban J connectivity index is 2.07. The summed E-state index contributed by atoms with van der Waals surface area (Å²) in [5.41, 5.74) is 0.0636. The third-order valence-corrected chi connectivity index (χ3v) is 6.19. The highest BCUT2D eigenvalue weighted by Gasteiger charge is 2.35. The van der Waals surface area contributed by atoms with E-state index in [-0.39, 0.29) is 5.71 Å². The van der Waals surface area contributed by atoms with Crippen molar-refractivity contribution in [2.45, 2.75) is 72.4 Å². The zero-order valence-corrected chi connectivity index (χ0v) is 19.2. The molecule has 2 aromatic rings. The van der Waals surface area contributed by atoms with E-state index < -0.39 is 29.0 Å². The van der Waals surface area contributed by atoms with Crippen molar-refractivity contribution < 1.29 is 9.59 Å². The quantitative estimate of drug-likeness (QED) is 0.690. The first kappa shape index (κ1) is 23.5. The third-order valence-electron chi connectivity index (χ3n) is 6.19. The Morgan fingerprint density at radius 2 is 1.88 bits per heavy atom. The molecule has 0 radical (unpaired) electrons. The van der Waals surface area contributed by atoms with Gasteiger partial charge in [-0.25, -0.2) is 14.2 Å². The van der Waals surface area contributed by atoms with E-state index in [0.29, 0.717) is 29.1 Å². The van der Waals surface area contributed by atoms with E-state index in [1.807, 2.05) is 0 Å². The van der Waals surface area contributed by atoms with Gasteiger partial charge in [-0.1, -0.05) is 40.0 Å². The zero-order valence-electron chi connectivity index (χ0n) is 19.2. The molecule has 8 heteroatoms. The summed E-state index contributed by atoms with van der Waals surface area (Å²) in [6.07, 6.45) is 5.51. The first-order valence-electron chi connectivity index (χ1n) is 11.1. The van der Waals surface area contributed by atoms with Crippen LogP contribution in [0.4, 0.5) is 4.79 Å². The predicted octanol–water partition coefficient (Wildman–Crippen LogP) is 3.84. The Morgan fingerprint density at radius 1 is 1.22 bits per heavy atom. The van der Waals surface area contributed by atoms with Crippen LogP contribution in [0.2, 0.25) is 0 Å².